The number of rotatable bonds is 9. The lowest BCUT2D eigenvalue weighted by Crippen LogP contribution is -2.25. The maximum absolute atomic E-state index is 5.43. The van der Waals surface area contributed by atoms with E-state index in [4.69, 9.17) is 4.74 Å². The Morgan fingerprint density at radius 3 is 2.62 bits per heavy atom. The van der Waals surface area contributed by atoms with Crippen LogP contribution in [0, 0.1) is 0 Å². The zero-order valence-electron chi connectivity index (χ0n) is 15.2. The first kappa shape index (κ1) is 20.5. The van der Waals surface area contributed by atoms with E-state index < -0.39 is 0 Å². The van der Waals surface area contributed by atoms with Crippen molar-refractivity contribution >= 4 is 29.0 Å². The lowest BCUT2D eigenvalue weighted by atomic mass is 10.1. The highest BCUT2D eigenvalue weighted by atomic mass is 35.5. The Morgan fingerprint density at radius 2 is 1.96 bits per heavy atom. The Kier molecular flexibility index (Phi) is 8.87. The number of nitrogens with zero attached hydrogens (tertiary/aromatic N) is 2. The van der Waals surface area contributed by atoms with Gasteiger partial charge in [-0.25, -0.2) is 0 Å². The molecule has 2 aromatic rings. The highest BCUT2D eigenvalue weighted by Gasteiger charge is 2.10. The molecule has 1 aromatic heterocycles. The predicted octanol–water partition coefficient (Wildman–Crippen LogP) is 4.59. The minimum absolute atomic E-state index is 0. The standard InChI is InChI=1S/C19H29N3O.ClH/c1-5-22(6-2)14-8-9-15(3)21-17-11-12-18(23-4)16-10-7-13-20-19(16)17;/h7,10-13,15,21H,5-6,8-9,14H2,1-4H3;1H. The number of halogens is 1. The Labute approximate surface area is 152 Å². The fourth-order valence-electron chi connectivity index (χ4n) is 2.94. The fourth-order valence-corrected chi connectivity index (χ4v) is 2.94. The molecule has 2 rings (SSSR count). The number of methoxy groups -OCH3 is 1. The molecular formula is C19H30ClN3O. The third-order valence-electron chi connectivity index (χ3n) is 4.36. The largest absolute Gasteiger partial charge is 0.496 e. The van der Waals surface area contributed by atoms with Gasteiger partial charge in [-0.2, -0.15) is 0 Å². The smallest absolute Gasteiger partial charge is 0.128 e. The molecule has 4 nitrogen and oxygen atoms in total. The van der Waals surface area contributed by atoms with E-state index in [1.54, 1.807) is 7.11 Å². The summed E-state index contributed by atoms with van der Waals surface area (Å²) in [6.45, 7) is 10.1. The number of aromatic nitrogens is 1. The van der Waals surface area contributed by atoms with Gasteiger partial charge < -0.3 is 15.0 Å². The van der Waals surface area contributed by atoms with Crippen molar-refractivity contribution in [1.82, 2.24) is 9.88 Å². The zero-order chi connectivity index (χ0) is 16.7. The number of anilines is 1. The molecule has 5 heteroatoms. The second kappa shape index (κ2) is 10.4. The topological polar surface area (TPSA) is 37.4 Å². The van der Waals surface area contributed by atoms with Gasteiger partial charge in [-0.1, -0.05) is 13.8 Å². The Balaban J connectivity index is 0.00000288. The van der Waals surface area contributed by atoms with E-state index in [2.05, 4.69) is 48.1 Å². The minimum atomic E-state index is 0. The maximum Gasteiger partial charge on any atom is 0.128 e. The monoisotopic (exact) mass is 351 g/mol. The normalized spacial score (nSPS) is 12.0. The molecule has 0 aliphatic heterocycles. The van der Waals surface area contributed by atoms with E-state index in [-0.39, 0.29) is 12.4 Å². The molecule has 0 bridgehead atoms. The first-order chi connectivity index (χ1) is 11.2. The van der Waals surface area contributed by atoms with Crippen LogP contribution in [0.15, 0.2) is 30.5 Å². The van der Waals surface area contributed by atoms with Crippen molar-refractivity contribution in [2.24, 2.45) is 0 Å². The summed E-state index contributed by atoms with van der Waals surface area (Å²) in [4.78, 5) is 7.00. The summed E-state index contributed by atoms with van der Waals surface area (Å²) < 4.78 is 5.43. The molecule has 1 N–H and O–H groups in total. The lowest BCUT2D eigenvalue weighted by molar-refractivity contribution is 0.295. The van der Waals surface area contributed by atoms with Gasteiger partial charge in [0.15, 0.2) is 0 Å². The summed E-state index contributed by atoms with van der Waals surface area (Å²) in [5.74, 6) is 0.868. The van der Waals surface area contributed by atoms with Crippen LogP contribution < -0.4 is 10.1 Å². The molecule has 134 valence electrons. The van der Waals surface area contributed by atoms with Crippen molar-refractivity contribution in [2.75, 3.05) is 32.1 Å². The molecule has 1 atom stereocenters. The van der Waals surface area contributed by atoms with Gasteiger partial charge in [0.25, 0.3) is 0 Å². The second-order valence-corrected chi connectivity index (χ2v) is 5.93. The van der Waals surface area contributed by atoms with Gasteiger partial charge in [0, 0.05) is 17.6 Å². The third-order valence-corrected chi connectivity index (χ3v) is 4.36. The average molecular weight is 352 g/mol. The Morgan fingerprint density at radius 1 is 1.21 bits per heavy atom. The summed E-state index contributed by atoms with van der Waals surface area (Å²) in [7, 11) is 1.70. The van der Waals surface area contributed by atoms with E-state index in [1.165, 1.54) is 13.0 Å². The van der Waals surface area contributed by atoms with Crippen LogP contribution in [0.3, 0.4) is 0 Å². The molecule has 0 fully saturated rings. The van der Waals surface area contributed by atoms with Gasteiger partial charge >= 0.3 is 0 Å². The maximum atomic E-state index is 5.43. The van der Waals surface area contributed by atoms with Crippen LogP contribution in [0.4, 0.5) is 5.69 Å². The quantitative estimate of drug-likeness (QED) is 0.717. The molecule has 0 amide bonds. The second-order valence-electron chi connectivity index (χ2n) is 5.93. The van der Waals surface area contributed by atoms with Crippen molar-refractivity contribution in [3.63, 3.8) is 0 Å². The van der Waals surface area contributed by atoms with Crippen LogP contribution in [0.1, 0.15) is 33.6 Å². The fraction of sp³-hybridized carbons (Fsp3) is 0.526. The van der Waals surface area contributed by atoms with Crippen LogP contribution >= 0.6 is 12.4 Å². The number of fused-ring (bicyclic) bond motifs is 1. The van der Waals surface area contributed by atoms with Crippen molar-refractivity contribution in [3.05, 3.63) is 30.5 Å². The van der Waals surface area contributed by atoms with Gasteiger partial charge in [-0.15, -0.1) is 12.4 Å². The van der Waals surface area contributed by atoms with E-state index >= 15 is 0 Å². The summed E-state index contributed by atoms with van der Waals surface area (Å²) in [5, 5.41) is 4.66. The van der Waals surface area contributed by atoms with Gasteiger partial charge in [-0.05, 0) is 63.7 Å². The van der Waals surface area contributed by atoms with E-state index in [0.29, 0.717) is 6.04 Å². The van der Waals surface area contributed by atoms with Gasteiger partial charge in [0.2, 0.25) is 0 Å². The van der Waals surface area contributed by atoms with Crippen LogP contribution in [0.2, 0.25) is 0 Å². The Bertz CT molecular complexity index is 617. The van der Waals surface area contributed by atoms with Gasteiger partial charge in [0.05, 0.1) is 18.3 Å². The molecule has 0 radical (unpaired) electrons. The molecule has 1 unspecified atom stereocenters. The predicted molar refractivity (Wildman–Crippen MR) is 106 cm³/mol. The molecular weight excluding hydrogens is 322 g/mol. The van der Waals surface area contributed by atoms with Crippen molar-refractivity contribution in [3.8, 4) is 5.75 Å². The molecule has 1 aromatic carbocycles. The highest BCUT2D eigenvalue weighted by Crippen LogP contribution is 2.30. The number of benzene rings is 1. The molecule has 0 spiro atoms. The van der Waals surface area contributed by atoms with Crippen LogP contribution in [0.5, 0.6) is 5.75 Å². The van der Waals surface area contributed by atoms with Crippen molar-refractivity contribution < 1.29 is 4.74 Å². The zero-order valence-corrected chi connectivity index (χ0v) is 16.0. The van der Waals surface area contributed by atoms with E-state index in [1.807, 2.05) is 18.3 Å². The first-order valence-corrected chi connectivity index (χ1v) is 8.60. The highest BCUT2D eigenvalue weighted by molar-refractivity contribution is 5.94. The number of ether oxygens (including phenoxy) is 1. The third kappa shape index (κ3) is 5.25. The van der Waals surface area contributed by atoms with E-state index in [9.17, 15) is 0 Å². The minimum Gasteiger partial charge on any atom is -0.496 e. The number of pyridine rings is 1. The Hall–Kier alpha value is -1.52. The van der Waals surface area contributed by atoms with E-state index in [0.717, 1.165) is 41.9 Å². The molecule has 0 saturated carbocycles. The number of hydrogen-bond donors (Lipinski definition) is 1. The number of nitrogens with one attached hydrogen (secondary N) is 1. The molecule has 0 aliphatic rings. The first-order valence-electron chi connectivity index (χ1n) is 8.60. The van der Waals surface area contributed by atoms with Crippen molar-refractivity contribution in [2.45, 2.75) is 39.7 Å². The van der Waals surface area contributed by atoms with Gasteiger partial charge in [-0.3, -0.25) is 4.98 Å². The summed E-state index contributed by atoms with van der Waals surface area (Å²) in [5.41, 5.74) is 2.05. The molecule has 24 heavy (non-hydrogen) atoms. The lowest BCUT2D eigenvalue weighted by Gasteiger charge is -2.21. The average Bonchev–Trinajstić information content (AvgIpc) is 2.59. The molecule has 0 aliphatic carbocycles. The van der Waals surface area contributed by atoms with Gasteiger partial charge in [0.1, 0.15) is 5.75 Å². The molecule has 0 saturated heterocycles. The molecule has 1 heterocycles. The SMILES string of the molecule is CCN(CC)CCCC(C)Nc1ccc(OC)c2cccnc12.Cl. The summed E-state index contributed by atoms with van der Waals surface area (Å²) >= 11 is 0. The van der Waals surface area contributed by atoms with Crippen LogP contribution in [-0.4, -0.2) is 42.7 Å². The van der Waals surface area contributed by atoms with Crippen LogP contribution in [0.25, 0.3) is 10.9 Å². The summed E-state index contributed by atoms with van der Waals surface area (Å²) in [6, 6.07) is 8.49. The number of hydrogen-bond acceptors (Lipinski definition) is 4. The summed E-state index contributed by atoms with van der Waals surface area (Å²) in [6.07, 6.45) is 4.19. The van der Waals surface area contributed by atoms with Crippen LogP contribution in [-0.2, 0) is 0 Å². The van der Waals surface area contributed by atoms with Crippen molar-refractivity contribution in [1.29, 1.82) is 0 Å².